The highest BCUT2D eigenvalue weighted by molar-refractivity contribution is 7.85. The largest absolute Gasteiger partial charge is 0.294 e. The molecule has 0 atom stereocenters. The van der Waals surface area contributed by atoms with Crippen molar-refractivity contribution >= 4 is 10.1 Å². The molecule has 0 spiro atoms. The number of hydrogen-bond acceptors (Lipinski definition) is 6. The Morgan fingerprint density at radius 3 is 1.88 bits per heavy atom. The molecule has 0 bridgehead atoms. The Morgan fingerprint density at radius 1 is 0.969 bits per heavy atom. The lowest BCUT2D eigenvalue weighted by molar-refractivity contribution is 0.483. The normalized spacial score (nSPS) is 11.6. The van der Waals surface area contributed by atoms with E-state index in [2.05, 4.69) is 22.2 Å². The molecule has 1 N–H and O–H groups in total. The van der Waals surface area contributed by atoms with Crippen LogP contribution in [0.1, 0.15) is 44.4 Å². The van der Waals surface area contributed by atoms with Crippen LogP contribution in [0, 0.1) is 22.7 Å². The summed E-state index contributed by atoms with van der Waals surface area (Å²) < 4.78 is 31.0. The van der Waals surface area contributed by atoms with Crippen LogP contribution in [0.2, 0.25) is 0 Å². The lowest BCUT2D eigenvalue weighted by Gasteiger charge is -2.23. The Kier molecular flexibility index (Phi) is 7.52. The van der Waals surface area contributed by atoms with Gasteiger partial charge >= 0.3 is 0 Å². The van der Waals surface area contributed by atoms with E-state index in [1.807, 2.05) is 45.9 Å². The Balaban J connectivity index is 0.000000303. The summed E-state index contributed by atoms with van der Waals surface area (Å²) in [6.07, 6.45) is 3.14. The van der Waals surface area contributed by atoms with Crippen molar-refractivity contribution in [2.75, 3.05) is 0 Å². The molecular weight excluding hydrogens is 426 g/mol. The maximum Gasteiger partial charge on any atom is 0.294 e. The maximum absolute atomic E-state index is 10.4. The number of rotatable bonds is 5. The predicted octanol–water partition coefficient (Wildman–Crippen LogP) is 3.86. The van der Waals surface area contributed by atoms with E-state index in [1.54, 1.807) is 29.2 Å². The zero-order valence-corrected chi connectivity index (χ0v) is 19.2. The molecule has 8 nitrogen and oxygen atoms in total. The molecule has 32 heavy (non-hydrogen) atoms. The molecular formula is C23H25N5O3S. The number of hydrogen-bond donors (Lipinski definition) is 1. The van der Waals surface area contributed by atoms with E-state index in [9.17, 15) is 18.9 Å². The van der Waals surface area contributed by atoms with Crippen LogP contribution in [0.15, 0.2) is 66.1 Å². The molecule has 1 heterocycles. The van der Waals surface area contributed by atoms with Crippen molar-refractivity contribution in [3.63, 3.8) is 0 Å². The van der Waals surface area contributed by atoms with Gasteiger partial charge in [0.2, 0.25) is 0 Å². The summed E-state index contributed by atoms with van der Waals surface area (Å²) in [6.45, 7) is 8.08. The first-order chi connectivity index (χ1) is 14.9. The van der Waals surface area contributed by atoms with Crippen molar-refractivity contribution in [3.05, 3.63) is 77.9 Å². The summed E-state index contributed by atoms with van der Waals surface area (Å²) in [5.74, 6) is 0. The number of benzene rings is 2. The molecule has 0 unspecified atom stereocenters. The minimum atomic E-state index is -4.00. The van der Waals surface area contributed by atoms with Gasteiger partial charge in [-0.05, 0) is 56.5 Å². The third kappa shape index (κ3) is 6.48. The fourth-order valence-electron chi connectivity index (χ4n) is 2.73. The summed E-state index contributed by atoms with van der Waals surface area (Å²) in [6, 6.07) is 18.0. The number of nitriles is 2. The van der Waals surface area contributed by atoms with Gasteiger partial charge in [0.15, 0.2) is 0 Å². The van der Waals surface area contributed by atoms with E-state index >= 15 is 0 Å². The Hall–Kier alpha value is -3.53. The second-order valence-corrected chi connectivity index (χ2v) is 9.69. The first-order valence-corrected chi connectivity index (χ1v) is 11.2. The minimum absolute atomic E-state index is 0.0741. The number of nitrogens with zero attached hydrogens (tertiary/aromatic N) is 5. The maximum atomic E-state index is 10.4. The van der Waals surface area contributed by atoms with E-state index in [1.165, 1.54) is 18.5 Å². The zero-order chi connectivity index (χ0) is 24.0. The molecule has 0 saturated carbocycles. The second kappa shape index (κ2) is 9.73. The van der Waals surface area contributed by atoms with Gasteiger partial charge in [-0.2, -0.15) is 24.0 Å². The molecule has 0 radical (unpaired) electrons. The first-order valence-electron chi connectivity index (χ1n) is 9.71. The first kappa shape index (κ1) is 24.7. The molecule has 0 fully saturated rings. The highest BCUT2D eigenvalue weighted by atomic mass is 32.2. The molecule has 166 valence electrons. The van der Waals surface area contributed by atoms with Crippen LogP contribution in [0.5, 0.6) is 0 Å². The van der Waals surface area contributed by atoms with Gasteiger partial charge in [0.1, 0.15) is 12.7 Å². The summed E-state index contributed by atoms with van der Waals surface area (Å²) >= 11 is 0. The average Bonchev–Trinajstić information content (AvgIpc) is 3.27. The van der Waals surface area contributed by atoms with Crippen molar-refractivity contribution in [2.45, 2.75) is 50.0 Å². The van der Waals surface area contributed by atoms with Crippen LogP contribution >= 0.6 is 0 Å². The topological polar surface area (TPSA) is 133 Å². The van der Waals surface area contributed by atoms with Crippen LogP contribution in [0.4, 0.5) is 0 Å². The molecule has 3 aromatic rings. The summed E-state index contributed by atoms with van der Waals surface area (Å²) in [5.41, 5.74) is 1.60. The van der Waals surface area contributed by atoms with Gasteiger partial charge < -0.3 is 0 Å². The molecule has 0 aliphatic rings. The third-order valence-electron chi connectivity index (χ3n) is 4.85. The summed E-state index contributed by atoms with van der Waals surface area (Å²) in [5, 5.41) is 22.9. The van der Waals surface area contributed by atoms with Gasteiger partial charge in [-0.1, -0.05) is 36.4 Å². The minimum Gasteiger partial charge on any atom is -0.282 e. The smallest absolute Gasteiger partial charge is 0.282 e. The van der Waals surface area contributed by atoms with Crippen LogP contribution in [-0.2, 0) is 27.5 Å². The molecule has 0 aliphatic carbocycles. The van der Waals surface area contributed by atoms with E-state index in [4.69, 9.17) is 4.55 Å². The lowest BCUT2D eigenvalue weighted by atomic mass is 9.79. The second-order valence-electron chi connectivity index (χ2n) is 8.27. The summed E-state index contributed by atoms with van der Waals surface area (Å²) in [7, 11) is -4.00. The van der Waals surface area contributed by atoms with Gasteiger partial charge in [-0.15, -0.1) is 0 Å². The van der Waals surface area contributed by atoms with Crippen LogP contribution in [-0.4, -0.2) is 27.7 Å². The van der Waals surface area contributed by atoms with Crippen LogP contribution < -0.4 is 0 Å². The molecule has 2 aromatic carbocycles. The van der Waals surface area contributed by atoms with Crippen molar-refractivity contribution in [1.29, 1.82) is 10.5 Å². The Bertz CT molecular complexity index is 1190. The Labute approximate surface area is 188 Å². The lowest BCUT2D eigenvalue weighted by Crippen LogP contribution is -2.20. The quantitative estimate of drug-likeness (QED) is 0.582. The summed E-state index contributed by atoms with van der Waals surface area (Å²) in [4.78, 5) is 3.87. The molecule has 0 amide bonds. The standard InChI is InChI=1S/C17H19N5.C6H6O3S/c1-16(2,9-18)14-5-13(8-22-12-20-11-21-22)6-15(7-14)17(3,4)10-19;7-10(8,9)6-4-2-1-3-5-6/h5-7,11-12H,8H2,1-4H3;1-5H,(H,7,8,9). The zero-order valence-electron chi connectivity index (χ0n) is 18.4. The molecule has 9 heteroatoms. The van der Waals surface area contributed by atoms with Crippen molar-refractivity contribution in [3.8, 4) is 12.1 Å². The molecule has 3 rings (SSSR count). The van der Waals surface area contributed by atoms with Crippen molar-refractivity contribution in [2.24, 2.45) is 0 Å². The third-order valence-corrected chi connectivity index (χ3v) is 5.72. The van der Waals surface area contributed by atoms with E-state index in [0.717, 1.165) is 16.7 Å². The average molecular weight is 452 g/mol. The highest BCUT2D eigenvalue weighted by Gasteiger charge is 2.26. The van der Waals surface area contributed by atoms with Gasteiger partial charge in [0.25, 0.3) is 10.1 Å². The van der Waals surface area contributed by atoms with E-state index in [-0.39, 0.29) is 4.90 Å². The van der Waals surface area contributed by atoms with Crippen LogP contribution in [0.25, 0.3) is 0 Å². The fourth-order valence-corrected chi connectivity index (χ4v) is 3.23. The predicted molar refractivity (Wildman–Crippen MR) is 119 cm³/mol. The van der Waals surface area contributed by atoms with Gasteiger partial charge in [-0.3, -0.25) is 4.55 Å². The SMILES string of the molecule is CC(C)(C#N)c1cc(Cn2cncn2)cc(C(C)(C)C#N)c1.O=S(=O)(O)c1ccccc1. The van der Waals surface area contributed by atoms with Crippen molar-refractivity contribution < 1.29 is 13.0 Å². The highest BCUT2D eigenvalue weighted by Crippen LogP contribution is 2.30. The van der Waals surface area contributed by atoms with Crippen LogP contribution in [0.3, 0.4) is 0 Å². The monoisotopic (exact) mass is 451 g/mol. The number of aromatic nitrogens is 3. The van der Waals surface area contributed by atoms with Gasteiger partial charge in [0, 0.05) is 0 Å². The van der Waals surface area contributed by atoms with Gasteiger partial charge in [0.05, 0.1) is 34.4 Å². The van der Waals surface area contributed by atoms with Crippen molar-refractivity contribution in [1.82, 2.24) is 14.8 Å². The van der Waals surface area contributed by atoms with E-state index in [0.29, 0.717) is 6.54 Å². The molecule has 0 aliphatic heterocycles. The fraction of sp³-hybridized carbons (Fsp3) is 0.304. The molecule has 1 aromatic heterocycles. The molecule has 0 saturated heterocycles. The van der Waals surface area contributed by atoms with E-state index < -0.39 is 20.9 Å². The van der Waals surface area contributed by atoms with Gasteiger partial charge in [-0.25, -0.2) is 9.67 Å². The Morgan fingerprint density at radius 2 is 1.50 bits per heavy atom.